The maximum Gasteiger partial charge on any atom is -0.0149 e. The molecule has 0 saturated heterocycles. The fourth-order valence-electron chi connectivity index (χ4n) is 0. The molecule has 0 amide bonds. The minimum Gasteiger partial charge on any atom is -0.323 e. The number of rotatable bonds is 0. The van der Waals surface area contributed by atoms with E-state index in [1.54, 1.807) is 0 Å². The van der Waals surface area contributed by atoms with Gasteiger partial charge < -0.3 is 5.32 Å². The van der Waals surface area contributed by atoms with Crippen LogP contribution in [0.2, 0.25) is 0 Å². The summed E-state index contributed by atoms with van der Waals surface area (Å²) < 4.78 is 0. The van der Waals surface area contributed by atoms with Gasteiger partial charge in [0.05, 0.1) is 0 Å². The average molecular weight is 77.2 g/mol. The standard InChI is InChI=1S/C2H7N.H4Si/c1-3-2;/h3H,1-2H3;1H4. The Balaban J connectivity index is 0. The first-order chi connectivity index (χ1) is 1.41. The predicted octanol–water partition coefficient (Wildman–Crippen LogP) is -1.62. The molecule has 0 aliphatic heterocycles. The van der Waals surface area contributed by atoms with Crippen LogP contribution in [0.25, 0.3) is 0 Å². The Morgan fingerprint density at radius 1 is 1.25 bits per heavy atom. The zero-order chi connectivity index (χ0) is 2.71. The molecule has 2 heteroatoms. The second-order valence-electron chi connectivity index (χ2n) is 0.500. The summed E-state index contributed by atoms with van der Waals surface area (Å²) in [6.45, 7) is 0. The molecule has 1 N–H and O–H groups in total. The Hall–Kier alpha value is 0.177. The third-order valence-corrected chi connectivity index (χ3v) is 0. The second-order valence-corrected chi connectivity index (χ2v) is 0.500. The second kappa shape index (κ2) is 10.9. The molecule has 0 aliphatic carbocycles. The van der Waals surface area contributed by atoms with Crippen LogP contribution >= 0.6 is 0 Å². The highest BCUT2D eigenvalue weighted by Gasteiger charge is 1.25. The Morgan fingerprint density at radius 3 is 1.25 bits per heavy atom. The molecule has 0 saturated carbocycles. The summed E-state index contributed by atoms with van der Waals surface area (Å²) in [4.78, 5) is 0. The molecule has 0 atom stereocenters. The van der Waals surface area contributed by atoms with Gasteiger partial charge in [-0.15, -0.1) is 0 Å². The lowest BCUT2D eigenvalue weighted by molar-refractivity contribution is 1.02. The van der Waals surface area contributed by atoms with E-state index in [2.05, 4.69) is 5.32 Å². The molecule has 4 heavy (non-hydrogen) atoms. The lowest BCUT2D eigenvalue weighted by atomic mass is 11.3. The summed E-state index contributed by atoms with van der Waals surface area (Å²) in [6.07, 6.45) is 0. The quantitative estimate of drug-likeness (QED) is 0.343. The minimum atomic E-state index is 0. The van der Waals surface area contributed by atoms with E-state index in [9.17, 15) is 0 Å². The van der Waals surface area contributed by atoms with Crippen molar-refractivity contribution in [1.29, 1.82) is 0 Å². The SMILES string of the molecule is CNC.[SiH4]. The maximum atomic E-state index is 2.75. The first-order valence-corrected chi connectivity index (χ1v) is 1.00. The van der Waals surface area contributed by atoms with Crippen molar-refractivity contribution in [2.75, 3.05) is 14.1 Å². The van der Waals surface area contributed by atoms with Crippen molar-refractivity contribution >= 4 is 11.0 Å². The fourth-order valence-corrected chi connectivity index (χ4v) is 0. The van der Waals surface area contributed by atoms with Gasteiger partial charge in [-0.3, -0.25) is 0 Å². The molecule has 0 aromatic rings. The van der Waals surface area contributed by atoms with Gasteiger partial charge >= 0.3 is 0 Å². The van der Waals surface area contributed by atoms with E-state index in [-0.39, 0.29) is 11.0 Å². The third-order valence-electron chi connectivity index (χ3n) is 0. The summed E-state index contributed by atoms with van der Waals surface area (Å²) in [5, 5.41) is 2.75. The van der Waals surface area contributed by atoms with Gasteiger partial charge in [-0.2, -0.15) is 0 Å². The van der Waals surface area contributed by atoms with Gasteiger partial charge in [0, 0.05) is 0 Å². The summed E-state index contributed by atoms with van der Waals surface area (Å²) >= 11 is 0. The molecule has 0 bridgehead atoms. The molecule has 0 aromatic carbocycles. The van der Waals surface area contributed by atoms with Crippen LogP contribution in [-0.2, 0) is 0 Å². The Bertz CT molecular complexity index is 6.00. The molecule has 0 unspecified atom stereocenters. The van der Waals surface area contributed by atoms with Gasteiger partial charge in [0.2, 0.25) is 0 Å². The van der Waals surface area contributed by atoms with Gasteiger partial charge in [0.1, 0.15) is 0 Å². The number of hydrogen-bond acceptors (Lipinski definition) is 1. The van der Waals surface area contributed by atoms with Crippen molar-refractivity contribution < 1.29 is 0 Å². The normalized spacial score (nSPS) is 4.50. The predicted molar refractivity (Wildman–Crippen MR) is 26.3 cm³/mol. The molecule has 0 aromatic heterocycles. The van der Waals surface area contributed by atoms with E-state index >= 15 is 0 Å². The lowest BCUT2D eigenvalue weighted by Crippen LogP contribution is -1.89. The highest BCUT2D eigenvalue weighted by atomic mass is 28.1. The van der Waals surface area contributed by atoms with Crippen LogP contribution in [0, 0.1) is 0 Å². The van der Waals surface area contributed by atoms with Crippen molar-refractivity contribution in [3.63, 3.8) is 0 Å². The summed E-state index contributed by atoms with van der Waals surface area (Å²) in [7, 11) is 3.75. The van der Waals surface area contributed by atoms with Crippen molar-refractivity contribution in [1.82, 2.24) is 5.32 Å². The molecule has 0 radical (unpaired) electrons. The highest BCUT2D eigenvalue weighted by molar-refractivity contribution is 5.75. The van der Waals surface area contributed by atoms with Gasteiger partial charge in [0.25, 0.3) is 0 Å². The maximum absolute atomic E-state index is 2.75. The largest absolute Gasteiger partial charge is 0.323 e. The zero-order valence-electron chi connectivity index (χ0n) is 2.50. The van der Waals surface area contributed by atoms with Crippen LogP contribution in [0.4, 0.5) is 0 Å². The Labute approximate surface area is 31.4 Å². The van der Waals surface area contributed by atoms with Crippen LogP contribution in [-0.4, -0.2) is 25.1 Å². The van der Waals surface area contributed by atoms with Crippen molar-refractivity contribution in [2.24, 2.45) is 0 Å². The summed E-state index contributed by atoms with van der Waals surface area (Å²) in [6, 6.07) is 0. The Kier molecular flexibility index (Phi) is 24.2. The van der Waals surface area contributed by atoms with Gasteiger partial charge in [-0.25, -0.2) is 0 Å². The van der Waals surface area contributed by atoms with Crippen LogP contribution in [0.1, 0.15) is 0 Å². The fraction of sp³-hybridized carbons (Fsp3) is 1.00. The first kappa shape index (κ1) is 8.90. The molecule has 28 valence electrons. The number of hydrogen-bond donors (Lipinski definition) is 1. The van der Waals surface area contributed by atoms with Gasteiger partial charge in [0.15, 0.2) is 0 Å². The molecule has 0 fully saturated rings. The first-order valence-electron chi connectivity index (χ1n) is 1.00. The van der Waals surface area contributed by atoms with Crippen molar-refractivity contribution in [2.45, 2.75) is 0 Å². The average Bonchev–Trinajstić information content (AvgIpc) is 0.918. The molecule has 0 aliphatic rings. The molecular weight excluding hydrogens is 66.1 g/mol. The van der Waals surface area contributed by atoms with E-state index in [4.69, 9.17) is 0 Å². The number of nitrogens with one attached hydrogen (secondary N) is 1. The smallest absolute Gasteiger partial charge is 0.0149 e. The Morgan fingerprint density at radius 2 is 1.25 bits per heavy atom. The van der Waals surface area contributed by atoms with E-state index in [1.807, 2.05) is 14.1 Å². The van der Waals surface area contributed by atoms with E-state index < -0.39 is 0 Å². The summed E-state index contributed by atoms with van der Waals surface area (Å²) in [5.41, 5.74) is 0. The topological polar surface area (TPSA) is 12.0 Å². The van der Waals surface area contributed by atoms with Crippen LogP contribution in [0.15, 0.2) is 0 Å². The van der Waals surface area contributed by atoms with Gasteiger partial charge in [-0.1, -0.05) is 0 Å². The molecule has 0 spiro atoms. The third kappa shape index (κ3) is 96.4. The van der Waals surface area contributed by atoms with Gasteiger partial charge in [-0.05, 0) is 25.1 Å². The van der Waals surface area contributed by atoms with Crippen LogP contribution in [0.3, 0.4) is 0 Å². The van der Waals surface area contributed by atoms with E-state index in [1.165, 1.54) is 0 Å². The molecule has 1 nitrogen and oxygen atoms in total. The molecule has 0 heterocycles. The monoisotopic (exact) mass is 77.1 g/mol. The molecule has 0 rings (SSSR count). The van der Waals surface area contributed by atoms with Crippen molar-refractivity contribution in [3.8, 4) is 0 Å². The van der Waals surface area contributed by atoms with Crippen LogP contribution in [0.5, 0.6) is 0 Å². The minimum absolute atomic E-state index is 0. The van der Waals surface area contributed by atoms with E-state index in [0.717, 1.165) is 0 Å². The zero-order valence-corrected chi connectivity index (χ0v) is 2.50. The molecular formula is C2H11NSi. The highest BCUT2D eigenvalue weighted by Crippen LogP contribution is 0.981. The van der Waals surface area contributed by atoms with Crippen LogP contribution < -0.4 is 5.32 Å². The van der Waals surface area contributed by atoms with E-state index in [0.29, 0.717) is 0 Å². The lowest BCUT2D eigenvalue weighted by Gasteiger charge is -1.59. The summed E-state index contributed by atoms with van der Waals surface area (Å²) in [5.74, 6) is 0. The van der Waals surface area contributed by atoms with Crippen molar-refractivity contribution in [3.05, 3.63) is 0 Å².